The van der Waals surface area contributed by atoms with Gasteiger partial charge in [0.15, 0.2) is 0 Å². The van der Waals surface area contributed by atoms with Crippen molar-refractivity contribution < 1.29 is 9.85 Å². The highest BCUT2D eigenvalue weighted by Gasteiger charge is 2.08. The third-order valence-corrected chi connectivity index (χ3v) is 2.56. The number of hydrogen-bond donors (Lipinski definition) is 0. The molecule has 0 aliphatic rings. The third-order valence-electron chi connectivity index (χ3n) is 2.32. The molecule has 2 aromatic rings. The van der Waals surface area contributed by atoms with Crippen molar-refractivity contribution in [2.24, 2.45) is 0 Å². The number of non-ortho nitro benzene ring substituents is 1. The Morgan fingerprint density at radius 1 is 0.950 bits per heavy atom. The molecule has 2 aromatic carbocycles. The van der Waals surface area contributed by atoms with Crippen LogP contribution in [0.25, 0.3) is 0 Å². The SMILES string of the molecule is Cc1cc(Cl)ccc1[N+](=O)[O-].O=[N+]([O-])c1ccccc1. The third kappa shape index (κ3) is 4.66. The summed E-state index contributed by atoms with van der Waals surface area (Å²) in [6.07, 6.45) is 0. The molecule has 0 spiro atoms. The van der Waals surface area contributed by atoms with Crippen molar-refractivity contribution in [3.05, 3.63) is 79.3 Å². The molecular formula is C13H11ClN2O4. The summed E-state index contributed by atoms with van der Waals surface area (Å²) in [5.41, 5.74) is 0.828. The van der Waals surface area contributed by atoms with Crippen LogP contribution >= 0.6 is 11.6 Å². The number of nitrogens with zero attached hydrogens (tertiary/aromatic N) is 2. The van der Waals surface area contributed by atoms with Crippen molar-refractivity contribution in [2.45, 2.75) is 6.92 Å². The van der Waals surface area contributed by atoms with Crippen LogP contribution in [0.4, 0.5) is 11.4 Å². The van der Waals surface area contributed by atoms with Crippen LogP contribution in [0, 0.1) is 27.2 Å². The zero-order valence-electron chi connectivity index (χ0n) is 10.5. The van der Waals surface area contributed by atoms with E-state index in [1.165, 1.54) is 24.3 Å². The number of rotatable bonds is 2. The molecule has 0 aliphatic carbocycles. The van der Waals surface area contributed by atoms with Crippen LogP contribution in [0.1, 0.15) is 5.56 Å². The van der Waals surface area contributed by atoms with Gasteiger partial charge in [-0.1, -0.05) is 29.8 Å². The number of nitro groups is 2. The topological polar surface area (TPSA) is 86.3 Å². The van der Waals surface area contributed by atoms with Gasteiger partial charge in [0, 0.05) is 28.8 Å². The highest BCUT2D eigenvalue weighted by molar-refractivity contribution is 6.30. The molecule has 0 saturated carbocycles. The normalized spacial score (nSPS) is 9.30. The Morgan fingerprint density at radius 3 is 1.95 bits per heavy atom. The molecule has 0 aromatic heterocycles. The van der Waals surface area contributed by atoms with Gasteiger partial charge in [-0.25, -0.2) is 0 Å². The largest absolute Gasteiger partial charge is 0.272 e. The fourth-order valence-corrected chi connectivity index (χ4v) is 1.60. The Morgan fingerprint density at radius 2 is 1.55 bits per heavy atom. The van der Waals surface area contributed by atoms with Crippen LogP contribution in [-0.2, 0) is 0 Å². The maximum absolute atomic E-state index is 10.3. The van der Waals surface area contributed by atoms with Gasteiger partial charge < -0.3 is 0 Å². The van der Waals surface area contributed by atoms with Crippen LogP contribution in [0.3, 0.4) is 0 Å². The summed E-state index contributed by atoms with van der Waals surface area (Å²) in [5, 5.41) is 20.8. The lowest BCUT2D eigenvalue weighted by atomic mass is 10.2. The Labute approximate surface area is 119 Å². The molecule has 0 bridgehead atoms. The molecule has 0 amide bonds. The van der Waals surface area contributed by atoms with Gasteiger partial charge in [0.2, 0.25) is 0 Å². The first-order chi connectivity index (χ1) is 9.41. The molecule has 0 heterocycles. The van der Waals surface area contributed by atoms with Crippen molar-refractivity contribution in [3.63, 3.8) is 0 Å². The minimum Gasteiger partial charge on any atom is -0.258 e. The highest BCUT2D eigenvalue weighted by atomic mass is 35.5. The smallest absolute Gasteiger partial charge is 0.258 e. The second-order valence-corrected chi connectivity index (χ2v) is 4.22. The molecule has 104 valence electrons. The van der Waals surface area contributed by atoms with E-state index in [1.807, 2.05) is 0 Å². The predicted octanol–water partition coefficient (Wildman–Crippen LogP) is 4.15. The quantitative estimate of drug-likeness (QED) is 0.615. The monoisotopic (exact) mass is 294 g/mol. The fourth-order valence-electron chi connectivity index (χ4n) is 1.37. The highest BCUT2D eigenvalue weighted by Crippen LogP contribution is 2.20. The Balaban J connectivity index is 0.000000204. The summed E-state index contributed by atoms with van der Waals surface area (Å²) in [6.45, 7) is 1.66. The van der Waals surface area contributed by atoms with Crippen LogP contribution in [-0.4, -0.2) is 9.85 Å². The maximum atomic E-state index is 10.3. The van der Waals surface area contributed by atoms with Crippen LogP contribution in [0.5, 0.6) is 0 Å². The molecule has 0 fully saturated rings. The van der Waals surface area contributed by atoms with Gasteiger partial charge in [0.25, 0.3) is 11.4 Å². The molecule has 7 heteroatoms. The van der Waals surface area contributed by atoms with E-state index in [1.54, 1.807) is 31.2 Å². The second-order valence-electron chi connectivity index (χ2n) is 3.78. The molecule has 0 aliphatic heterocycles. The number of benzene rings is 2. The minimum absolute atomic E-state index is 0.106. The van der Waals surface area contributed by atoms with E-state index in [0.29, 0.717) is 10.6 Å². The fraction of sp³-hybridized carbons (Fsp3) is 0.0769. The Kier molecular flexibility index (Phi) is 5.61. The van der Waals surface area contributed by atoms with Crippen molar-refractivity contribution in [2.75, 3.05) is 0 Å². The molecule has 0 N–H and O–H groups in total. The van der Waals surface area contributed by atoms with Crippen molar-refractivity contribution in [3.8, 4) is 0 Å². The minimum atomic E-state index is -0.425. The van der Waals surface area contributed by atoms with E-state index < -0.39 is 9.85 Å². The zero-order valence-corrected chi connectivity index (χ0v) is 11.3. The molecular weight excluding hydrogens is 284 g/mol. The average Bonchev–Trinajstić information content (AvgIpc) is 2.40. The van der Waals surface area contributed by atoms with E-state index in [0.717, 1.165) is 0 Å². The van der Waals surface area contributed by atoms with Gasteiger partial charge in [-0.15, -0.1) is 0 Å². The summed E-state index contributed by atoms with van der Waals surface area (Å²) in [5.74, 6) is 0. The molecule has 0 radical (unpaired) electrons. The van der Waals surface area contributed by atoms with Crippen molar-refractivity contribution in [1.29, 1.82) is 0 Å². The summed E-state index contributed by atoms with van der Waals surface area (Å²) in [4.78, 5) is 19.5. The van der Waals surface area contributed by atoms with E-state index in [-0.39, 0.29) is 11.4 Å². The molecule has 6 nitrogen and oxygen atoms in total. The summed E-state index contributed by atoms with van der Waals surface area (Å²) >= 11 is 5.60. The van der Waals surface area contributed by atoms with E-state index >= 15 is 0 Å². The van der Waals surface area contributed by atoms with Crippen molar-refractivity contribution in [1.82, 2.24) is 0 Å². The first-order valence-electron chi connectivity index (χ1n) is 5.52. The molecule has 0 saturated heterocycles. The molecule has 20 heavy (non-hydrogen) atoms. The lowest BCUT2D eigenvalue weighted by molar-refractivity contribution is -0.385. The van der Waals surface area contributed by atoms with Gasteiger partial charge in [-0.05, 0) is 19.1 Å². The Bertz CT molecular complexity index is 617. The maximum Gasteiger partial charge on any atom is 0.272 e. The van der Waals surface area contributed by atoms with Crippen LogP contribution in [0.2, 0.25) is 5.02 Å². The predicted molar refractivity (Wildman–Crippen MR) is 75.9 cm³/mol. The number of aryl methyl sites for hydroxylation is 1. The summed E-state index contributed by atoms with van der Waals surface area (Å²) in [7, 11) is 0. The summed E-state index contributed by atoms with van der Waals surface area (Å²) in [6, 6.07) is 12.4. The van der Waals surface area contributed by atoms with Gasteiger partial charge in [-0.3, -0.25) is 20.2 Å². The standard InChI is InChI=1S/C7H6ClNO2.C6H5NO2/c1-5-4-6(8)2-3-7(5)9(10)11;8-7(9)6-4-2-1-3-5-6/h2-4H,1H3;1-5H. The lowest BCUT2D eigenvalue weighted by Crippen LogP contribution is -1.90. The van der Waals surface area contributed by atoms with Gasteiger partial charge in [0.05, 0.1) is 9.85 Å². The number of nitro benzene ring substituents is 2. The lowest BCUT2D eigenvalue weighted by Gasteiger charge is -1.95. The van der Waals surface area contributed by atoms with Crippen LogP contribution < -0.4 is 0 Å². The molecule has 0 atom stereocenters. The van der Waals surface area contributed by atoms with Gasteiger partial charge in [-0.2, -0.15) is 0 Å². The van der Waals surface area contributed by atoms with E-state index in [2.05, 4.69) is 0 Å². The summed E-state index contributed by atoms with van der Waals surface area (Å²) < 4.78 is 0. The number of hydrogen-bond acceptors (Lipinski definition) is 4. The van der Waals surface area contributed by atoms with Gasteiger partial charge >= 0.3 is 0 Å². The number of para-hydroxylation sites is 1. The Hall–Kier alpha value is -2.47. The van der Waals surface area contributed by atoms with Crippen molar-refractivity contribution >= 4 is 23.0 Å². The first kappa shape index (κ1) is 15.6. The van der Waals surface area contributed by atoms with E-state index in [9.17, 15) is 20.2 Å². The number of halogens is 1. The second kappa shape index (κ2) is 7.20. The van der Waals surface area contributed by atoms with E-state index in [4.69, 9.17) is 11.6 Å². The van der Waals surface area contributed by atoms with Crippen LogP contribution in [0.15, 0.2) is 48.5 Å². The molecule has 2 rings (SSSR count). The molecule has 0 unspecified atom stereocenters. The average molecular weight is 295 g/mol. The first-order valence-corrected chi connectivity index (χ1v) is 5.89. The zero-order chi connectivity index (χ0) is 15.1. The van der Waals surface area contributed by atoms with Gasteiger partial charge in [0.1, 0.15) is 0 Å².